The van der Waals surface area contributed by atoms with Gasteiger partial charge in [-0.2, -0.15) is 0 Å². The number of aliphatic hydroxyl groups excluding tert-OH is 2. The first-order valence-corrected chi connectivity index (χ1v) is 14.2. The van der Waals surface area contributed by atoms with Crippen molar-refractivity contribution in [1.82, 2.24) is 20.9 Å². The number of carbonyl (C=O) groups excluding carboxylic acids is 3. The normalized spacial score (nSPS) is 25.3. The van der Waals surface area contributed by atoms with Gasteiger partial charge in [-0.05, 0) is 39.0 Å². The molecule has 0 aromatic carbocycles. The maximum atomic E-state index is 12.5. The number of amides is 3. The molecule has 2 aliphatic heterocycles. The van der Waals surface area contributed by atoms with Gasteiger partial charge in [-0.3, -0.25) is 19.3 Å². The average Bonchev–Trinajstić information content (AvgIpc) is 2.90. The summed E-state index contributed by atoms with van der Waals surface area (Å²) in [7, 11) is 0. The van der Waals surface area contributed by atoms with E-state index in [9.17, 15) is 24.6 Å². The highest BCUT2D eigenvalue weighted by Crippen LogP contribution is 2.20. The van der Waals surface area contributed by atoms with E-state index in [0.29, 0.717) is 26.0 Å². The third kappa shape index (κ3) is 14.4. The molecule has 13 heteroatoms. The molecule has 39 heavy (non-hydrogen) atoms. The monoisotopic (exact) mass is 560 g/mol. The number of ether oxygens (including phenoxy) is 4. The fourth-order valence-electron chi connectivity index (χ4n) is 4.26. The Kier molecular flexibility index (Phi) is 16.5. The van der Waals surface area contributed by atoms with Crippen LogP contribution < -0.4 is 16.0 Å². The first kappa shape index (κ1) is 33.3. The van der Waals surface area contributed by atoms with E-state index in [2.05, 4.69) is 22.9 Å². The van der Waals surface area contributed by atoms with Gasteiger partial charge in [0.05, 0.1) is 39.0 Å². The second-order valence-electron chi connectivity index (χ2n) is 10.1. The van der Waals surface area contributed by atoms with Crippen molar-refractivity contribution in [2.75, 3.05) is 59.1 Å². The van der Waals surface area contributed by atoms with Gasteiger partial charge in [-0.25, -0.2) is 0 Å². The van der Waals surface area contributed by atoms with Gasteiger partial charge in [0.2, 0.25) is 17.7 Å². The molecule has 5 N–H and O–H groups in total. The molecule has 0 spiro atoms. The second-order valence-corrected chi connectivity index (χ2v) is 10.1. The van der Waals surface area contributed by atoms with E-state index in [1.54, 1.807) is 0 Å². The smallest absolute Gasteiger partial charge is 0.234 e. The van der Waals surface area contributed by atoms with Gasteiger partial charge in [-0.1, -0.05) is 19.8 Å². The van der Waals surface area contributed by atoms with Crippen LogP contribution in [-0.4, -0.2) is 123 Å². The van der Waals surface area contributed by atoms with Gasteiger partial charge in [0.1, 0.15) is 12.2 Å². The van der Waals surface area contributed by atoms with Crippen LogP contribution in [0.25, 0.3) is 0 Å². The van der Waals surface area contributed by atoms with Gasteiger partial charge in [0.15, 0.2) is 12.6 Å². The fourth-order valence-corrected chi connectivity index (χ4v) is 4.26. The summed E-state index contributed by atoms with van der Waals surface area (Å²) in [5.41, 5.74) is 0. The lowest BCUT2D eigenvalue weighted by Crippen LogP contribution is -2.48. The lowest BCUT2D eigenvalue weighted by molar-refractivity contribution is -0.235. The van der Waals surface area contributed by atoms with E-state index in [1.807, 2.05) is 6.92 Å². The topological polar surface area (TPSA) is 168 Å². The number of nitrogens with one attached hydrogen (secondary N) is 3. The van der Waals surface area contributed by atoms with Crippen molar-refractivity contribution in [2.24, 2.45) is 0 Å². The van der Waals surface area contributed by atoms with E-state index < -0.39 is 24.8 Å². The lowest BCUT2D eigenvalue weighted by atomic mass is 10.1. The van der Waals surface area contributed by atoms with Gasteiger partial charge in [0.25, 0.3) is 0 Å². The van der Waals surface area contributed by atoms with Crippen molar-refractivity contribution < 1.29 is 43.5 Å². The summed E-state index contributed by atoms with van der Waals surface area (Å²) in [5, 5.41) is 28.1. The van der Waals surface area contributed by atoms with E-state index in [1.165, 1.54) is 4.90 Å². The molecule has 2 aliphatic rings. The van der Waals surface area contributed by atoms with Gasteiger partial charge in [0, 0.05) is 26.2 Å². The lowest BCUT2D eigenvalue weighted by Gasteiger charge is -2.31. The molecule has 13 nitrogen and oxygen atoms in total. The fraction of sp³-hybridized carbons (Fsp3) is 0.885. The maximum Gasteiger partial charge on any atom is 0.234 e. The zero-order chi connectivity index (χ0) is 28.5. The summed E-state index contributed by atoms with van der Waals surface area (Å²) in [6, 6.07) is 0. The summed E-state index contributed by atoms with van der Waals surface area (Å²) in [6.45, 7) is 5.31. The quantitative estimate of drug-likeness (QED) is 0.134. The third-order valence-corrected chi connectivity index (χ3v) is 6.41. The van der Waals surface area contributed by atoms with Crippen LogP contribution in [0.3, 0.4) is 0 Å². The second kappa shape index (κ2) is 19.2. The highest BCUT2D eigenvalue weighted by Gasteiger charge is 2.28. The Labute approximate surface area is 231 Å². The van der Waals surface area contributed by atoms with Crippen molar-refractivity contribution in [1.29, 1.82) is 0 Å². The highest BCUT2D eigenvalue weighted by molar-refractivity contribution is 5.84. The number of hydrogen-bond acceptors (Lipinski definition) is 10. The van der Waals surface area contributed by atoms with Crippen LogP contribution in [0, 0.1) is 0 Å². The van der Waals surface area contributed by atoms with Crippen LogP contribution in [0.4, 0.5) is 0 Å². The molecule has 0 bridgehead atoms. The Hall–Kier alpha value is -1.87. The number of nitrogens with zero attached hydrogens (tertiary/aromatic N) is 1. The molecule has 0 saturated carbocycles. The molecule has 2 heterocycles. The van der Waals surface area contributed by atoms with E-state index in [0.717, 1.165) is 32.1 Å². The molecule has 3 amide bonds. The van der Waals surface area contributed by atoms with Crippen molar-refractivity contribution in [3.63, 3.8) is 0 Å². The predicted molar refractivity (Wildman–Crippen MR) is 141 cm³/mol. The van der Waals surface area contributed by atoms with Crippen LogP contribution >= 0.6 is 0 Å². The SMILES string of the molecule is CCCCCNC(=O)CN(CC(=O)NCCOC1OCCCC1O)CC(=O)NCCOC1O[C@@H](C)CCC1O. The molecule has 5 atom stereocenters. The Bertz CT molecular complexity index is 730. The molecule has 0 radical (unpaired) electrons. The first-order chi connectivity index (χ1) is 18.8. The van der Waals surface area contributed by atoms with Crippen LogP contribution in [0.1, 0.15) is 58.8 Å². The number of carbonyl (C=O) groups is 3. The average molecular weight is 561 g/mol. The van der Waals surface area contributed by atoms with Gasteiger partial charge >= 0.3 is 0 Å². The summed E-state index contributed by atoms with van der Waals surface area (Å²) in [5.74, 6) is -0.994. The summed E-state index contributed by atoms with van der Waals surface area (Å²) in [6.07, 6.45) is 2.83. The zero-order valence-corrected chi connectivity index (χ0v) is 23.4. The highest BCUT2D eigenvalue weighted by atomic mass is 16.7. The van der Waals surface area contributed by atoms with Crippen LogP contribution in [0.15, 0.2) is 0 Å². The number of unbranched alkanes of at least 4 members (excludes halogenated alkanes) is 2. The predicted octanol–water partition coefficient (Wildman–Crippen LogP) is -0.756. The molecule has 2 fully saturated rings. The van der Waals surface area contributed by atoms with Crippen molar-refractivity contribution in [3.05, 3.63) is 0 Å². The summed E-state index contributed by atoms with van der Waals surface area (Å²) >= 11 is 0. The number of aliphatic hydroxyl groups is 2. The molecular formula is C26H48N4O9. The van der Waals surface area contributed by atoms with E-state index in [4.69, 9.17) is 18.9 Å². The first-order valence-electron chi connectivity index (χ1n) is 14.2. The van der Waals surface area contributed by atoms with E-state index in [-0.39, 0.29) is 69.8 Å². The Morgan fingerprint density at radius 2 is 1.38 bits per heavy atom. The number of hydrogen-bond donors (Lipinski definition) is 5. The third-order valence-electron chi connectivity index (χ3n) is 6.41. The van der Waals surface area contributed by atoms with Gasteiger partial charge < -0.3 is 45.1 Å². The molecule has 2 rings (SSSR count). The van der Waals surface area contributed by atoms with Crippen molar-refractivity contribution >= 4 is 17.7 Å². The maximum absolute atomic E-state index is 12.5. The van der Waals surface area contributed by atoms with Crippen molar-refractivity contribution in [2.45, 2.75) is 89.7 Å². The van der Waals surface area contributed by atoms with Gasteiger partial charge in [-0.15, -0.1) is 0 Å². The molecule has 4 unspecified atom stereocenters. The zero-order valence-electron chi connectivity index (χ0n) is 23.4. The molecule has 0 aromatic heterocycles. The van der Waals surface area contributed by atoms with Crippen LogP contribution in [0.5, 0.6) is 0 Å². The summed E-state index contributed by atoms with van der Waals surface area (Å²) in [4.78, 5) is 38.9. The van der Waals surface area contributed by atoms with E-state index >= 15 is 0 Å². The minimum atomic E-state index is -0.723. The van der Waals surface area contributed by atoms with Crippen LogP contribution in [0.2, 0.25) is 0 Å². The molecule has 226 valence electrons. The minimum Gasteiger partial charge on any atom is -0.388 e. The van der Waals surface area contributed by atoms with Crippen molar-refractivity contribution in [3.8, 4) is 0 Å². The molecule has 0 aromatic rings. The number of rotatable bonds is 18. The Morgan fingerprint density at radius 1 is 0.821 bits per heavy atom. The Balaban J connectivity index is 1.74. The molecule has 0 aliphatic carbocycles. The standard InChI is InChI=1S/C26H48N4O9/c1-3-4-5-10-27-22(33)16-30(17-23(34)28-11-14-37-25-20(31)7-6-13-36-25)18-24(35)29-12-15-38-26-21(32)9-8-19(2)39-26/h19-21,25-26,31-32H,3-18H2,1-2H3,(H,27,33)(H,28,34)(H,29,35)/t19-,20?,21?,25?,26?/m0/s1. The largest absolute Gasteiger partial charge is 0.388 e. The molecule has 2 saturated heterocycles. The molecular weight excluding hydrogens is 512 g/mol. The van der Waals surface area contributed by atoms with Crippen LogP contribution in [-0.2, 0) is 33.3 Å². The Morgan fingerprint density at radius 3 is 1.97 bits per heavy atom. The minimum absolute atomic E-state index is 0.000403. The summed E-state index contributed by atoms with van der Waals surface area (Å²) < 4.78 is 22.0.